The van der Waals surface area contributed by atoms with E-state index in [1.54, 1.807) is 6.92 Å². The van der Waals surface area contributed by atoms with Crippen molar-refractivity contribution < 1.29 is 67.3 Å². The van der Waals surface area contributed by atoms with Gasteiger partial charge < -0.3 is 9.84 Å². The second kappa shape index (κ2) is 14.1. The molecular weight excluding hydrogens is 552 g/mol. The number of hydrogen-bond acceptors (Lipinski definition) is 3. The Labute approximate surface area is 212 Å². The average molecular weight is 584 g/mol. The molecule has 0 aliphatic carbocycles. The Kier molecular flexibility index (Phi) is 13.5. The van der Waals surface area contributed by atoms with Crippen LogP contribution in [0.3, 0.4) is 0 Å². The summed E-state index contributed by atoms with van der Waals surface area (Å²) in [6.07, 6.45) is -4.86. The monoisotopic (exact) mass is 584 g/mol. The maximum Gasteiger partial charge on any atom is 0.384 e. The second-order valence-corrected chi connectivity index (χ2v) is 8.89. The predicted octanol–water partition coefficient (Wildman–Crippen LogP) is 8.20. The number of esters is 1. The SMILES string of the molecule is C=C(CCCCO)C(=O)OCCCC(F)(F)C(F)(F)C(F)(F)C(F)(F)C(F)(F)C(F)(F)CCCCCCC. The minimum absolute atomic E-state index is 0.00646. The van der Waals surface area contributed by atoms with Crippen molar-refractivity contribution in [3.05, 3.63) is 12.2 Å². The minimum atomic E-state index is -7.60. The Balaban J connectivity index is 5.44. The Bertz CT molecular complexity index is 754. The fourth-order valence-electron chi connectivity index (χ4n) is 3.23. The lowest BCUT2D eigenvalue weighted by Gasteiger charge is -2.41. The Hall–Kier alpha value is -1.67. The van der Waals surface area contributed by atoms with E-state index in [1.807, 2.05) is 0 Å². The molecule has 0 aliphatic heterocycles. The van der Waals surface area contributed by atoms with Crippen molar-refractivity contribution in [2.75, 3.05) is 13.2 Å². The summed E-state index contributed by atoms with van der Waals surface area (Å²) in [7, 11) is 0. The van der Waals surface area contributed by atoms with Crippen LogP contribution >= 0.6 is 0 Å². The van der Waals surface area contributed by atoms with E-state index in [2.05, 4.69) is 11.3 Å². The highest BCUT2D eigenvalue weighted by molar-refractivity contribution is 5.87. The molecule has 0 radical (unpaired) electrons. The highest BCUT2D eigenvalue weighted by Crippen LogP contribution is 2.61. The van der Waals surface area contributed by atoms with Gasteiger partial charge in [-0.1, -0.05) is 39.2 Å². The number of hydrogen-bond donors (Lipinski definition) is 1. The van der Waals surface area contributed by atoms with Crippen molar-refractivity contribution >= 4 is 5.97 Å². The van der Waals surface area contributed by atoms with Gasteiger partial charge in [0.25, 0.3) is 0 Å². The van der Waals surface area contributed by atoms with Crippen molar-refractivity contribution in [2.24, 2.45) is 0 Å². The molecule has 0 saturated carbocycles. The number of halogens is 12. The van der Waals surface area contributed by atoms with Crippen molar-refractivity contribution in [3.63, 3.8) is 0 Å². The molecule has 0 rings (SSSR count). The van der Waals surface area contributed by atoms with Crippen molar-refractivity contribution in [3.8, 4) is 0 Å². The van der Waals surface area contributed by atoms with Crippen LogP contribution in [-0.2, 0) is 9.53 Å². The molecule has 0 amide bonds. The molecule has 3 nitrogen and oxygen atoms in total. The molecule has 0 atom stereocenters. The molecule has 0 aromatic rings. The van der Waals surface area contributed by atoms with Gasteiger partial charge in [-0.25, -0.2) is 4.79 Å². The zero-order valence-electron chi connectivity index (χ0n) is 20.7. The lowest BCUT2D eigenvalue weighted by atomic mass is 9.88. The number of aliphatic hydroxyl groups is 1. The van der Waals surface area contributed by atoms with E-state index in [-0.39, 0.29) is 44.3 Å². The van der Waals surface area contributed by atoms with Crippen LogP contribution in [0.15, 0.2) is 12.2 Å². The fourth-order valence-corrected chi connectivity index (χ4v) is 3.23. The average Bonchev–Trinajstić information content (AvgIpc) is 2.80. The molecule has 0 aromatic heterocycles. The Morgan fingerprint density at radius 3 is 1.55 bits per heavy atom. The summed E-state index contributed by atoms with van der Waals surface area (Å²) >= 11 is 0. The van der Waals surface area contributed by atoms with Gasteiger partial charge in [-0.15, -0.1) is 0 Å². The van der Waals surface area contributed by atoms with Crippen LogP contribution in [0.5, 0.6) is 0 Å². The van der Waals surface area contributed by atoms with Crippen molar-refractivity contribution in [1.29, 1.82) is 0 Å². The fraction of sp³-hybridized carbons (Fsp3) is 0.870. The van der Waals surface area contributed by atoms with E-state index in [0.717, 1.165) is 0 Å². The number of ether oxygens (including phenoxy) is 1. The zero-order valence-corrected chi connectivity index (χ0v) is 20.7. The molecule has 0 aromatic carbocycles. The predicted molar refractivity (Wildman–Crippen MR) is 113 cm³/mol. The van der Waals surface area contributed by atoms with Crippen LogP contribution < -0.4 is 0 Å². The largest absolute Gasteiger partial charge is 0.462 e. The smallest absolute Gasteiger partial charge is 0.384 e. The lowest BCUT2D eigenvalue weighted by Crippen LogP contribution is -2.70. The third-order valence-electron chi connectivity index (χ3n) is 5.74. The molecule has 0 bridgehead atoms. The number of carbonyl (C=O) groups excluding carboxylic acids is 1. The summed E-state index contributed by atoms with van der Waals surface area (Å²) in [6.45, 7) is 3.69. The minimum Gasteiger partial charge on any atom is -0.462 e. The highest BCUT2D eigenvalue weighted by atomic mass is 19.4. The Morgan fingerprint density at radius 1 is 0.658 bits per heavy atom. The number of aliphatic hydroxyl groups excluding tert-OH is 1. The molecule has 0 saturated heterocycles. The second-order valence-electron chi connectivity index (χ2n) is 8.89. The molecule has 0 unspecified atom stereocenters. The first kappa shape index (κ1) is 36.3. The van der Waals surface area contributed by atoms with E-state index in [1.165, 1.54) is 0 Å². The van der Waals surface area contributed by atoms with Gasteiger partial charge in [-0.2, -0.15) is 52.7 Å². The van der Waals surface area contributed by atoms with Gasteiger partial charge in [0.05, 0.1) is 6.61 Å². The molecule has 0 spiro atoms. The van der Waals surface area contributed by atoms with Gasteiger partial charge in [-0.05, 0) is 32.1 Å². The zero-order chi connectivity index (χ0) is 30.1. The molecule has 0 heterocycles. The normalized spacial score (nSPS) is 14.1. The molecule has 1 N–H and O–H groups in total. The van der Waals surface area contributed by atoms with Crippen molar-refractivity contribution in [1.82, 2.24) is 0 Å². The summed E-state index contributed by atoms with van der Waals surface area (Å²) < 4.78 is 172. The summed E-state index contributed by atoms with van der Waals surface area (Å²) in [4.78, 5) is 11.6. The lowest BCUT2D eigenvalue weighted by molar-refractivity contribution is -0.425. The number of unbranched alkanes of at least 4 members (excludes halogenated alkanes) is 5. The van der Waals surface area contributed by atoms with E-state index in [0.29, 0.717) is 12.8 Å². The van der Waals surface area contributed by atoms with Gasteiger partial charge in [-0.3, -0.25) is 0 Å². The van der Waals surface area contributed by atoms with Gasteiger partial charge in [0.1, 0.15) is 0 Å². The van der Waals surface area contributed by atoms with Crippen LogP contribution in [0.2, 0.25) is 0 Å². The van der Waals surface area contributed by atoms with E-state index in [9.17, 15) is 57.5 Å². The summed E-state index contributed by atoms with van der Waals surface area (Å²) in [6, 6.07) is 0. The van der Waals surface area contributed by atoms with E-state index >= 15 is 0 Å². The highest BCUT2D eigenvalue weighted by Gasteiger charge is 2.89. The first-order valence-electron chi connectivity index (χ1n) is 11.9. The standard InChI is InChI=1S/C23H32F12O3/c1-3-4-5-6-8-12-18(24,25)20(28,29)22(32,33)23(34,35)21(30,31)19(26,27)13-10-15-38-17(37)16(2)11-7-9-14-36/h36H,2-15H2,1H3. The van der Waals surface area contributed by atoms with Gasteiger partial charge >= 0.3 is 41.5 Å². The van der Waals surface area contributed by atoms with Crippen LogP contribution in [0.1, 0.15) is 77.6 Å². The molecule has 226 valence electrons. The van der Waals surface area contributed by atoms with Crippen LogP contribution in [0.25, 0.3) is 0 Å². The maximum atomic E-state index is 14.0. The quantitative estimate of drug-likeness (QED) is 0.0679. The van der Waals surface area contributed by atoms with Crippen LogP contribution in [-0.4, -0.2) is 59.8 Å². The van der Waals surface area contributed by atoms with Gasteiger partial charge in [0, 0.05) is 25.0 Å². The van der Waals surface area contributed by atoms with Gasteiger partial charge in [0.2, 0.25) is 0 Å². The maximum absolute atomic E-state index is 14.0. The van der Waals surface area contributed by atoms with E-state index < -0.39 is 73.8 Å². The summed E-state index contributed by atoms with van der Waals surface area (Å²) in [5, 5.41) is 8.63. The van der Waals surface area contributed by atoms with Crippen LogP contribution in [0, 0.1) is 0 Å². The molecule has 0 aliphatic rings. The number of carbonyl (C=O) groups is 1. The van der Waals surface area contributed by atoms with E-state index in [4.69, 9.17) is 5.11 Å². The molecule has 38 heavy (non-hydrogen) atoms. The topological polar surface area (TPSA) is 46.5 Å². The summed E-state index contributed by atoms with van der Waals surface area (Å²) in [5.41, 5.74) is -0.199. The first-order chi connectivity index (χ1) is 17.2. The number of alkyl halides is 12. The molecule has 0 fully saturated rings. The van der Waals surface area contributed by atoms with Gasteiger partial charge in [0.15, 0.2) is 0 Å². The van der Waals surface area contributed by atoms with Crippen LogP contribution in [0.4, 0.5) is 52.7 Å². The Morgan fingerprint density at radius 2 is 1.11 bits per heavy atom. The summed E-state index contributed by atoms with van der Waals surface area (Å²) in [5.74, 6) is -42.6. The van der Waals surface area contributed by atoms with Crippen molar-refractivity contribution in [2.45, 2.75) is 113 Å². The molecule has 15 heteroatoms. The number of rotatable bonds is 20. The third-order valence-corrected chi connectivity index (χ3v) is 5.74. The molecular formula is C23H32F12O3. The first-order valence-corrected chi connectivity index (χ1v) is 11.9. The third kappa shape index (κ3) is 8.17.